The van der Waals surface area contributed by atoms with Crippen molar-refractivity contribution in [1.29, 1.82) is 0 Å². The Labute approximate surface area is 113 Å². The molecule has 0 aromatic heterocycles. The van der Waals surface area contributed by atoms with Crippen molar-refractivity contribution in [2.45, 2.75) is 83.3 Å². The molecule has 0 aromatic rings. The van der Waals surface area contributed by atoms with E-state index in [-0.39, 0.29) is 0 Å². The van der Waals surface area contributed by atoms with Gasteiger partial charge < -0.3 is 10.4 Å². The van der Waals surface area contributed by atoms with E-state index in [1.165, 1.54) is 44.9 Å². The fourth-order valence-corrected chi connectivity index (χ4v) is 4.01. The zero-order valence-electron chi connectivity index (χ0n) is 12.3. The van der Waals surface area contributed by atoms with Crippen LogP contribution >= 0.6 is 0 Å². The highest BCUT2D eigenvalue weighted by Gasteiger charge is 2.30. The molecule has 2 saturated carbocycles. The van der Waals surface area contributed by atoms with E-state index in [1.54, 1.807) is 0 Å². The summed E-state index contributed by atoms with van der Waals surface area (Å²) in [5.41, 5.74) is -0.416. The Bertz CT molecular complexity index is 235. The van der Waals surface area contributed by atoms with Crippen molar-refractivity contribution in [3.8, 4) is 0 Å². The maximum absolute atomic E-state index is 10.7. The summed E-state index contributed by atoms with van der Waals surface area (Å²) in [5.74, 6) is 1.69. The molecule has 2 atom stereocenters. The van der Waals surface area contributed by atoms with Gasteiger partial charge in [0, 0.05) is 12.6 Å². The van der Waals surface area contributed by atoms with Gasteiger partial charge in [0.2, 0.25) is 0 Å². The van der Waals surface area contributed by atoms with E-state index in [1.807, 2.05) is 0 Å². The van der Waals surface area contributed by atoms with Crippen molar-refractivity contribution in [2.24, 2.45) is 11.8 Å². The molecule has 2 rings (SSSR count). The van der Waals surface area contributed by atoms with Gasteiger partial charge in [0.1, 0.15) is 0 Å². The zero-order chi connectivity index (χ0) is 13.0. The summed E-state index contributed by atoms with van der Waals surface area (Å²) in [4.78, 5) is 0. The predicted octanol–water partition coefficient (Wildman–Crippen LogP) is 3.49. The molecule has 0 aliphatic heterocycles. The highest BCUT2D eigenvalue weighted by molar-refractivity contribution is 4.87. The lowest BCUT2D eigenvalue weighted by Crippen LogP contribution is -2.46. The van der Waals surface area contributed by atoms with Gasteiger partial charge in [0.15, 0.2) is 0 Å². The molecular weight excluding hydrogens is 222 g/mol. The van der Waals surface area contributed by atoms with Crippen molar-refractivity contribution >= 4 is 0 Å². The molecule has 0 spiro atoms. The van der Waals surface area contributed by atoms with Crippen molar-refractivity contribution in [3.05, 3.63) is 0 Å². The van der Waals surface area contributed by atoms with Gasteiger partial charge in [-0.25, -0.2) is 0 Å². The topological polar surface area (TPSA) is 32.3 Å². The predicted molar refractivity (Wildman–Crippen MR) is 76.6 cm³/mol. The monoisotopic (exact) mass is 253 g/mol. The van der Waals surface area contributed by atoms with Crippen molar-refractivity contribution in [3.63, 3.8) is 0 Å². The Morgan fingerprint density at radius 1 is 0.944 bits per heavy atom. The Hall–Kier alpha value is -0.0800. The molecule has 0 saturated heterocycles. The summed E-state index contributed by atoms with van der Waals surface area (Å²) in [5, 5.41) is 14.3. The van der Waals surface area contributed by atoms with Crippen molar-refractivity contribution < 1.29 is 5.11 Å². The molecule has 2 heteroatoms. The Balaban J connectivity index is 1.78. The Morgan fingerprint density at radius 2 is 1.50 bits per heavy atom. The van der Waals surface area contributed by atoms with Crippen LogP contribution in [0.15, 0.2) is 0 Å². The van der Waals surface area contributed by atoms with Crippen LogP contribution < -0.4 is 5.32 Å². The maximum atomic E-state index is 10.7. The fourth-order valence-electron chi connectivity index (χ4n) is 4.01. The van der Waals surface area contributed by atoms with Gasteiger partial charge in [-0.1, -0.05) is 39.5 Å². The second-order valence-corrected chi connectivity index (χ2v) is 7.13. The third-order valence-corrected chi connectivity index (χ3v) is 4.93. The van der Waals surface area contributed by atoms with E-state index in [2.05, 4.69) is 19.2 Å². The average molecular weight is 253 g/mol. The van der Waals surface area contributed by atoms with Crippen LogP contribution in [0.5, 0.6) is 0 Å². The van der Waals surface area contributed by atoms with Gasteiger partial charge in [0.05, 0.1) is 5.60 Å². The van der Waals surface area contributed by atoms with E-state index in [0.717, 1.165) is 31.2 Å². The molecule has 2 unspecified atom stereocenters. The van der Waals surface area contributed by atoms with Crippen LogP contribution in [0.4, 0.5) is 0 Å². The number of rotatable bonds is 3. The lowest BCUT2D eigenvalue weighted by molar-refractivity contribution is 0.0198. The van der Waals surface area contributed by atoms with Gasteiger partial charge >= 0.3 is 0 Å². The summed E-state index contributed by atoms with van der Waals surface area (Å²) in [6.07, 6.45) is 11.0. The van der Waals surface area contributed by atoms with Crippen LogP contribution in [0.2, 0.25) is 0 Å². The summed E-state index contributed by atoms with van der Waals surface area (Å²) in [6, 6.07) is 0.635. The standard InChI is InChI=1S/C16H31NO/c1-13-9-14(2)11-15(10-13)17-12-16(18)7-5-3-4-6-8-16/h13-15,17-18H,3-12H2,1-2H3. The number of aliphatic hydroxyl groups is 1. The Kier molecular flexibility index (Phi) is 5.08. The molecular formula is C16H31NO. The molecule has 2 N–H and O–H groups in total. The van der Waals surface area contributed by atoms with E-state index in [4.69, 9.17) is 0 Å². The van der Waals surface area contributed by atoms with E-state index in [0.29, 0.717) is 6.04 Å². The smallest absolute Gasteiger partial charge is 0.0771 e. The first kappa shape index (κ1) is 14.3. The Morgan fingerprint density at radius 3 is 2.06 bits per heavy atom. The average Bonchev–Trinajstić information content (AvgIpc) is 2.51. The third kappa shape index (κ3) is 4.24. The van der Waals surface area contributed by atoms with E-state index >= 15 is 0 Å². The van der Waals surface area contributed by atoms with Crippen LogP contribution in [-0.4, -0.2) is 23.3 Å². The molecule has 0 amide bonds. The van der Waals surface area contributed by atoms with Gasteiger partial charge in [-0.2, -0.15) is 0 Å². The minimum atomic E-state index is -0.416. The first-order valence-electron chi connectivity index (χ1n) is 8.03. The van der Waals surface area contributed by atoms with Crippen molar-refractivity contribution in [2.75, 3.05) is 6.54 Å². The maximum Gasteiger partial charge on any atom is 0.0771 e. The number of hydrogen-bond acceptors (Lipinski definition) is 2. The summed E-state index contributed by atoms with van der Waals surface area (Å²) < 4.78 is 0. The quantitative estimate of drug-likeness (QED) is 0.755. The molecule has 0 aromatic carbocycles. The lowest BCUT2D eigenvalue weighted by atomic mass is 9.80. The molecule has 18 heavy (non-hydrogen) atoms. The van der Waals surface area contributed by atoms with Crippen molar-refractivity contribution in [1.82, 2.24) is 5.32 Å². The zero-order valence-corrected chi connectivity index (χ0v) is 12.3. The minimum Gasteiger partial charge on any atom is -0.389 e. The molecule has 2 aliphatic rings. The largest absolute Gasteiger partial charge is 0.389 e. The van der Waals surface area contributed by atoms with E-state index in [9.17, 15) is 5.11 Å². The summed E-state index contributed by atoms with van der Waals surface area (Å²) in [7, 11) is 0. The van der Waals surface area contributed by atoms with Crippen LogP contribution in [0, 0.1) is 11.8 Å². The molecule has 2 aliphatic carbocycles. The van der Waals surface area contributed by atoms with Crippen LogP contribution in [0.1, 0.15) is 71.6 Å². The van der Waals surface area contributed by atoms with Gasteiger partial charge in [-0.15, -0.1) is 0 Å². The number of nitrogens with one attached hydrogen (secondary N) is 1. The number of hydrogen-bond donors (Lipinski definition) is 2. The fraction of sp³-hybridized carbons (Fsp3) is 1.00. The molecule has 0 bridgehead atoms. The lowest BCUT2D eigenvalue weighted by Gasteiger charge is -2.35. The first-order valence-corrected chi connectivity index (χ1v) is 8.03. The SMILES string of the molecule is CC1CC(C)CC(NCC2(O)CCCCCC2)C1. The summed E-state index contributed by atoms with van der Waals surface area (Å²) in [6.45, 7) is 5.55. The summed E-state index contributed by atoms with van der Waals surface area (Å²) >= 11 is 0. The van der Waals surface area contributed by atoms with Gasteiger partial charge in [-0.05, 0) is 43.9 Å². The highest BCUT2D eigenvalue weighted by Crippen LogP contribution is 2.30. The molecule has 0 heterocycles. The third-order valence-electron chi connectivity index (χ3n) is 4.93. The van der Waals surface area contributed by atoms with Gasteiger partial charge in [-0.3, -0.25) is 0 Å². The van der Waals surface area contributed by atoms with E-state index < -0.39 is 5.60 Å². The highest BCUT2D eigenvalue weighted by atomic mass is 16.3. The molecule has 2 fully saturated rings. The molecule has 0 radical (unpaired) electrons. The minimum absolute atomic E-state index is 0.416. The molecule has 2 nitrogen and oxygen atoms in total. The second-order valence-electron chi connectivity index (χ2n) is 7.13. The van der Waals surface area contributed by atoms with Crippen LogP contribution in [0.25, 0.3) is 0 Å². The normalized spacial score (nSPS) is 37.2. The van der Waals surface area contributed by atoms with Gasteiger partial charge in [0.25, 0.3) is 0 Å². The second kappa shape index (κ2) is 6.38. The molecule has 106 valence electrons. The van der Waals surface area contributed by atoms with Crippen LogP contribution in [0.3, 0.4) is 0 Å². The van der Waals surface area contributed by atoms with Crippen LogP contribution in [-0.2, 0) is 0 Å². The first-order chi connectivity index (χ1) is 8.57.